The number of amides is 1. The first-order valence-corrected chi connectivity index (χ1v) is 8.41. The maximum atomic E-state index is 12.7. The van der Waals surface area contributed by atoms with Gasteiger partial charge in [0.05, 0.1) is 21.6 Å². The highest BCUT2D eigenvalue weighted by Crippen LogP contribution is 2.26. The summed E-state index contributed by atoms with van der Waals surface area (Å²) in [7, 11) is 0. The summed E-state index contributed by atoms with van der Waals surface area (Å²) in [6, 6.07) is 7.65. The van der Waals surface area contributed by atoms with Crippen molar-refractivity contribution in [2.45, 2.75) is 0 Å². The van der Waals surface area contributed by atoms with Crippen LogP contribution in [0, 0.1) is 0 Å². The van der Waals surface area contributed by atoms with Crippen LogP contribution < -0.4 is 4.90 Å². The van der Waals surface area contributed by atoms with Gasteiger partial charge in [-0.1, -0.05) is 0 Å². The Morgan fingerprint density at radius 3 is 2.75 bits per heavy atom. The molecule has 1 amide bonds. The predicted octanol–water partition coefficient (Wildman–Crippen LogP) is 1.29. The third-order valence-electron chi connectivity index (χ3n) is 3.96. The second-order valence-corrected chi connectivity index (χ2v) is 6.47. The highest BCUT2D eigenvalue weighted by Gasteiger charge is 2.24. The van der Waals surface area contributed by atoms with Gasteiger partial charge in [-0.3, -0.25) is 9.78 Å². The number of rotatable bonds is 3. The Bertz CT molecular complexity index is 809. The summed E-state index contributed by atoms with van der Waals surface area (Å²) in [5, 5.41) is 13.8. The van der Waals surface area contributed by atoms with Gasteiger partial charge in [-0.2, -0.15) is 5.21 Å². The number of piperazine rings is 1. The van der Waals surface area contributed by atoms with Crippen LogP contribution in [0.3, 0.4) is 0 Å². The molecule has 0 saturated carbocycles. The summed E-state index contributed by atoms with van der Waals surface area (Å²) in [5.74, 6) is 0.570. The number of tetrazole rings is 1. The summed E-state index contributed by atoms with van der Waals surface area (Å²) in [4.78, 5) is 22.5. The molecular weight excluding hydrogens is 326 g/mol. The first-order chi connectivity index (χ1) is 11.8. The van der Waals surface area contributed by atoms with Crippen LogP contribution in [0.2, 0.25) is 0 Å². The average molecular weight is 341 g/mol. The second-order valence-electron chi connectivity index (χ2n) is 5.39. The first-order valence-electron chi connectivity index (χ1n) is 7.59. The van der Waals surface area contributed by atoms with Gasteiger partial charge in [-0.15, -0.1) is 21.5 Å². The van der Waals surface area contributed by atoms with Gasteiger partial charge >= 0.3 is 0 Å². The highest BCUT2D eigenvalue weighted by molar-refractivity contribution is 7.17. The quantitative estimate of drug-likeness (QED) is 0.772. The fourth-order valence-corrected chi connectivity index (χ4v) is 3.61. The van der Waals surface area contributed by atoms with Crippen molar-refractivity contribution < 1.29 is 4.79 Å². The molecule has 122 valence electrons. The van der Waals surface area contributed by atoms with Crippen molar-refractivity contribution in [1.29, 1.82) is 0 Å². The van der Waals surface area contributed by atoms with Crippen molar-refractivity contribution in [2.24, 2.45) is 0 Å². The molecular formula is C15H15N7OS. The van der Waals surface area contributed by atoms with Gasteiger partial charge in [0.15, 0.2) is 0 Å². The summed E-state index contributed by atoms with van der Waals surface area (Å²) >= 11 is 1.39. The Balaban J connectivity index is 1.41. The van der Waals surface area contributed by atoms with Crippen molar-refractivity contribution in [3.63, 3.8) is 0 Å². The number of hydrogen-bond donors (Lipinski definition) is 1. The van der Waals surface area contributed by atoms with Gasteiger partial charge in [0.1, 0.15) is 0 Å². The molecule has 8 nitrogen and oxygen atoms in total. The van der Waals surface area contributed by atoms with Crippen LogP contribution in [0.15, 0.2) is 36.7 Å². The van der Waals surface area contributed by atoms with E-state index < -0.39 is 0 Å². The van der Waals surface area contributed by atoms with E-state index in [1.165, 1.54) is 11.3 Å². The SMILES string of the molecule is O=C(c1ccc(-c2nn[nH]n2)s1)N1CCN(c2cccnc2)CC1. The smallest absolute Gasteiger partial charge is 0.264 e. The molecule has 4 heterocycles. The third kappa shape index (κ3) is 2.85. The molecule has 1 aliphatic heterocycles. The molecule has 9 heteroatoms. The fraction of sp³-hybridized carbons (Fsp3) is 0.267. The summed E-state index contributed by atoms with van der Waals surface area (Å²) in [6.07, 6.45) is 3.62. The molecule has 0 bridgehead atoms. The molecule has 24 heavy (non-hydrogen) atoms. The lowest BCUT2D eigenvalue weighted by Gasteiger charge is -2.35. The van der Waals surface area contributed by atoms with Crippen LogP contribution >= 0.6 is 11.3 Å². The molecule has 0 spiro atoms. The number of nitrogens with zero attached hydrogens (tertiary/aromatic N) is 6. The first kappa shape index (κ1) is 14.8. The number of carbonyl (C=O) groups is 1. The van der Waals surface area contributed by atoms with Crippen LogP contribution in [0.25, 0.3) is 10.7 Å². The molecule has 1 fully saturated rings. The standard InChI is InChI=1S/C15H15N7OS/c23-15(13-4-3-12(24-13)14-17-19-20-18-14)22-8-6-21(7-9-22)11-2-1-5-16-10-11/h1-5,10H,6-9H2,(H,17,18,19,20). The minimum atomic E-state index is 0.0561. The van der Waals surface area contributed by atoms with E-state index in [-0.39, 0.29) is 5.91 Å². The normalized spacial score (nSPS) is 14.8. The van der Waals surface area contributed by atoms with Crippen molar-refractivity contribution in [1.82, 2.24) is 30.5 Å². The molecule has 0 aromatic carbocycles. The topological polar surface area (TPSA) is 90.9 Å². The third-order valence-corrected chi connectivity index (χ3v) is 5.03. The molecule has 0 aliphatic carbocycles. The van der Waals surface area contributed by atoms with Crippen molar-refractivity contribution in [2.75, 3.05) is 31.1 Å². The molecule has 0 radical (unpaired) electrons. The lowest BCUT2D eigenvalue weighted by atomic mass is 10.2. The van der Waals surface area contributed by atoms with Gasteiger partial charge < -0.3 is 9.80 Å². The molecule has 3 aromatic heterocycles. The number of thiophene rings is 1. The molecule has 0 atom stereocenters. The predicted molar refractivity (Wildman–Crippen MR) is 89.8 cm³/mol. The van der Waals surface area contributed by atoms with E-state index in [4.69, 9.17) is 0 Å². The van der Waals surface area contributed by atoms with Crippen molar-refractivity contribution in [3.8, 4) is 10.7 Å². The van der Waals surface area contributed by atoms with Crippen molar-refractivity contribution >= 4 is 22.9 Å². The molecule has 4 rings (SSSR count). The average Bonchev–Trinajstić information content (AvgIpc) is 3.33. The van der Waals surface area contributed by atoms with E-state index in [0.717, 1.165) is 23.7 Å². The number of carbonyl (C=O) groups excluding carboxylic acids is 1. The molecule has 1 aliphatic rings. The van der Waals surface area contributed by atoms with E-state index >= 15 is 0 Å². The van der Waals surface area contributed by atoms with Gasteiger partial charge in [0.25, 0.3) is 5.91 Å². The van der Waals surface area contributed by atoms with E-state index in [2.05, 4.69) is 30.5 Å². The number of nitrogens with one attached hydrogen (secondary N) is 1. The van der Waals surface area contributed by atoms with Crippen LogP contribution in [-0.2, 0) is 0 Å². The van der Waals surface area contributed by atoms with E-state index in [9.17, 15) is 4.79 Å². The number of aromatic nitrogens is 5. The number of pyridine rings is 1. The highest BCUT2D eigenvalue weighted by atomic mass is 32.1. The van der Waals surface area contributed by atoms with Crippen molar-refractivity contribution in [3.05, 3.63) is 41.5 Å². The van der Waals surface area contributed by atoms with Crippen LogP contribution in [0.4, 0.5) is 5.69 Å². The Morgan fingerprint density at radius 2 is 2.04 bits per heavy atom. The van der Waals surface area contributed by atoms with Crippen LogP contribution in [0.1, 0.15) is 9.67 Å². The monoisotopic (exact) mass is 341 g/mol. The summed E-state index contributed by atoms with van der Waals surface area (Å²) in [6.45, 7) is 3.01. The molecule has 1 saturated heterocycles. The number of hydrogen-bond acceptors (Lipinski definition) is 7. The molecule has 1 N–H and O–H groups in total. The van der Waals surface area contributed by atoms with E-state index in [1.54, 1.807) is 6.20 Å². The van der Waals surface area contributed by atoms with Gasteiger partial charge in [-0.25, -0.2) is 0 Å². The zero-order valence-corrected chi connectivity index (χ0v) is 13.6. The summed E-state index contributed by atoms with van der Waals surface area (Å²) < 4.78 is 0. The van der Waals surface area contributed by atoms with Crippen LogP contribution in [0.5, 0.6) is 0 Å². The maximum Gasteiger partial charge on any atom is 0.264 e. The number of H-pyrrole nitrogens is 1. The fourth-order valence-electron chi connectivity index (χ4n) is 2.70. The summed E-state index contributed by atoms with van der Waals surface area (Å²) in [5.41, 5.74) is 1.10. The minimum Gasteiger partial charge on any atom is -0.367 e. The largest absolute Gasteiger partial charge is 0.367 e. The lowest BCUT2D eigenvalue weighted by Crippen LogP contribution is -2.48. The van der Waals surface area contributed by atoms with E-state index in [1.807, 2.05) is 35.4 Å². The Hall–Kier alpha value is -2.81. The second kappa shape index (κ2) is 6.36. The minimum absolute atomic E-state index is 0.0561. The van der Waals surface area contributed by atoms with Gasteiger partial charge in [0, 0.05) is 32.4 Å². The van der Waals surface area contributed by atoms with Crippen LogP contribution in [-0.4, -0.2) is 62.6 Å². The Morgan fingerprint density at radius 1 is 1.17 bits per heavy atom. The van der Waals surface area contributed by atoms with Gasteiger partial charge in [-0.05, 0) is 29.5 Å². The molecule has 0 unspecified atom stereocenters. The van der Waals surface area contributed by atoms with Gasteiger partial charge in [0.2, 0.25) is 5.82 Å². The zero-order chi connectivity index (χ0) is 16.4. The Labute approximate surface area is 142 Å². The zero-order valence-electron chi connectivity index (χ0n) is 12.8. The maximum absolute atomic E-state index is 12.7. The number of aromatic amines is 1. The van der Waals surface area contributed by atoms with E-state index in [0.29, 0.717) is 23.8 Å². The Kier molecular flexibility index (Phi) is 3.91. The lowest BCUT2D eigenvalue weighted by molar-refractivity contribution is 0.0751. The molecule has 3 aromatic rings. The number of anilines is 1.